The highest BCUT2D eigenvalue weighted by molar-refractivity contribution is 8.26. The number of ether oxygens (including phenoxy) is 2. The first-order valence-corrected chi connectivity index (χ1v) is 16.2. The zero-order valence-electron chi connectivity index (χ0n) is 24.7. The quantitative estimate of drug-likeness (QED) is 0.252. The van der Waals surface area contributed by atoms with Gasteiger partial charge in [0.1, 0.15) is 0 Å². The van der Waals surface area contributed by atoms with Crippen LogP contribution in [0, 0.1) is 23.2 Å². The first-order valence-electron chi connectivity index (χ1n) is 14.9. The minimum Gasteiger partial charge on any atom is -0.493 e. The van der Waals surface area contributed by atoms with Crippen LogP contribution >= 0.6 is 24.0 Å². The number of benzene rings is 2. The summed E-state index contributed by atoms with van der Waals surface area (Å²) in [6.45, 7) is 3.96. The summed E-state index contributed by atoms with van der Waals surface area (Å²) in [4.78, 5) is 39.9. The van der Waals surface area contributed by atoms with Gasteiger partial charge in [-0.05, 0) is 110 Å². The van der Waals surface area contributed by atoms with Crippen LogP contribution in [0.25, 0.3) is 6.08 Å². The first kappa shape index (κ1) is 29.7. The number of para-hydroxylation sites is 1. The Morgan fingerprint density at radius 2 is 1.74 bits per heavy atom. The minimum absolute atomic E-state index is 0.0657. The van der Waals surface area contributed by atoms with Crippen molar-refractivity contribution in [3.8, 4) is 11.5 Å². The van der Waals surface area contributed by atoms with Gasteiger partial charge >= 0.3 is 0 Å². The van der Waals surface area contributed by atoms with E-state index in [2.05, 4.69) is 24.6 Å². The maximum Gasteiger partial charge on any atom is 0.285 e. The fraction of sp³-hybridized carbons (Fsp3) is 0.455. The smallest absolute Gasteiger partial charge is 0.285 e. The normalized spacial score (nSPS) is 26.7. The monoisotopic (exact) mass is 619 g/mol. The molecule has 8 nitrogen and oxygen atoms in total. The van der Waals surface area contributed by atoms with Gasteiger partial charge < -0.3 is 14.8 Å². The highest BCUT2D eigenvalue weighted by Crippen LogP contribution is 2.60. The van der Waals surface area contributed by atoms with Crippen LogP contribution in [0.3, 0.4) is 0 Å². The van der Waals surface area contributed by atoms with E-state index in [0.29, 0.717) is 44.0 Å². The minimum atomic E-state index is -0.375. The van der Waals surface area contributed by atoms with Crippen molar-refractivity contribution in [3.63, 3.8) is 0 Å². The van der Waals surface area contributed by atoms with Gasteiger partial charge in [0.2, 0.25) is 5.91 Å². The molecule has 5 fully saturated rings. The van der Waals surface area contributed by atoms with Crippen molar-refractivity contribution in [1.29, 1.82) is 0 Å². The number of amides is 3. The lowest BCUT2D eigenvalue weighted by molar-refractivity contribution is -0.152. The third-order valence-corrected chi connectivity index (χ3v) is 10.5. The highest BCUT2D eigenvalue weighted by Gasteiger charge is 2.55. The van der Waals surface area contributed by atoms with Crippen LogP contribution < -0.4 is 20.2 Å². The van der Waals surface area contributed by atoms with Crippen molar-refractivity contribution in [3.05, 3.63) is 58.5 Å². The van der Waals surface area contributed by atoms with Gasteiger partial charge in [-0.2, -0.15) is 5.01 Å². The zero-order chi connectivity index (χ0) is 30.3. The third-order valence-electron chi connectivity index (χ3n) is 9.23. The van der Waals surface area contributed by atoms with Crippen LogP contribution in [-0.4, -0.2) is 40.8 Å². The van der Waals surface area contributed by atoms with Crippen LogP contribution in [0.15, 0.2) is 47.4 Å². The van der Waals surface area contributed by atoms with Crippen LogP contribution in [0.1, 0.15) is 69.4 Å². The molecule has 4 aliphatic carbocycles. The topological polar surface area (TPSA) is 97.0 Å². The number of nitrogens with one attached hydrogen (secondary N) is 2. The molecule has 1 heterocycles. The molecule has 3 amide bonds. The SMILES string of the molecule is COc1cc(/C=C2\SC(=S)N(NC(=O)C34CC5CC(CC(C5)C3)C4)C2=O)ccc1OCC(=O)Nc1ccccc1C(C)C. The van der Waals surface area contributed by atoms with Crippen LogP contribution in [0.4, 0.5) is 5.69 Å². The Labute approximate surface area is 261 Å². The lowest BCUT2D eigenvalue weighted by Gasteiger charge is -2.55. The Morgan fingerprint density at radius 1 is 1.07 bits per heavy atom. The fourth-order valence-corrected chi connectivity index (χ4v) is 8.84. The average Bonchev–Trinajstić information content (AvgIpc) is 3.23. The summed E-state index contributed by atoms with van der Waals surface area (Å²) >= 11 is 6.66. The van der Waals surface area contributed by atoms with Crippen molar-refractivity contribution in [2.24, 2.45) is 23.2 Å². The summed E-state index contributed by atoms with van der Waals surface area (Å²) in [5, 5.41) is 4.15. The Bertz CT molecular complexity index is 1470. The first-order chi connectivity index (χ1) is 20.6. The van der Waals surface area contributed by atoms with E-state index in [4.69, 9.17) is 21.7 Å². The number of anilines is 1. The molecule has 226 valence electrons. The second-order valence-electron chi connectivity index (χ2n) is 12.6. The molecule has 7 rings (SSSR count). The fourth-order valence-electron chi connectivity index (χ4n) is 7.66. The molecule has 1 aliphatic heterocycles. The van der Waals surface area contributed by atoms with Gasteiger partial charge in [0.05, 0.1) is 17.4 Å². The summed E-state index contributed by atoms with van der Waals surface area (Å²) < 4.78 is 11.6. The lowest BCUT2D eigenvalue weighted by Crippen LogP contribution is -2.57. The van der Waals surface area contributed by atoms with E-state index in [9.17, 15) is 14.4 Å². The molecule has 4 saturated carbocycles. The number of carbonyl (C=O) groups excluding carboxylic acids is 3. The molecule has 1 saturated heterocycles. The van der Waals surface area contributed by atoms with E-state index in [1.165, 1.54) is 31.4 Å². The maximum absolute atomic E-state index is 13.5. The molecule has 0 atom stereocenters. The number of hydrazine groups is 1. The predicted octanol–water partition coefficient (Wildman–Crippen LogP) is 6.28. The molecule has 0 unspecified atom stereocenters. The zero-order valence-corrected chi connectivity index (χ0v) is 26.3. The summed E-state index contributed by atoms with van der Waals surface area (Å²) in [5.41, 5.74) is 5.04. The molecule has 4 bridgehead atoms. The molecule has 10 heteroatoms. The van der Waals surface area contributed by atoms with E-state index < -0.39 is 0 Å². The van der Waals surface area contributed by atoms with Gasteiger partial charge in [-0.15, -0.1) is 0 Å². The van der Waals surface area contributed by atoms with Crippen molar-refractivity contribution >= 4 is 57.8 Å². The van der Waals surface area contributed by atoms with Gasteiger partial charge in [0.15, 0.2) is 22.4 Å². The average molecular weight is 620 g/mol. The van der Waals surface area contributed by atoms with E-state index in [0.717, 1.165) is 42.3 Å². The largest absolute Gasteiger partial charge is 0.493 e. The summed E-state index contributed by atoms with van der Waals surface area (Å²) in [6.07, 6.45) is 8.18. The van der Waals surface area contributed by atoms with Gasteiger partial charge in [-0.3, -0.25) is 19.8 Å². The van der Waals surface area contributed by atoms with E-state index >= 15 is 0 Å². The molecule has 43 heavy (non-hydrogen) atoms. The second-order valence-corrected chi connectivity index (χ2v) is 14.3. The standard InChI is InChI=1S/C33H37N3O5S2/c1-19(2)24-6-4-5-7-25(24)34-29(37)18-41-26-9-8-20(13-27(26)40-3)14-28-30(38)36(32(42)43-28)35-31(39)33-15-21-10-22(16-33)12-23(11-21)17-33/h4-9,13-14,19,21-23H,10-12,15-18H2,1-3H3,(H,34,37)(H,35,39)/b28-14-. The van der Waals surface area contributed by atoms with Crippen molar-refractivity contribution in [2.45, 2.75) is 58.3 Å². The van der Waals surface area contributed by atoms with E-state index in [1.807, 2.05) is 24.3 Å². The number of thiocarbonyl (C=S) groups is 1. The summed E-state index contributed by atoms with van der Waals surface area (Å²) in [7, 11) is 1.52. The van der Waals surface area contributed by atoms with Gasteiger partial charge in [0, 0.05) is 5.69 Å². The summed E-state index contributed by atoms with van der Waals surface area (Å²) in [6, 6.07) is 12.9. The molecule has 5 aliphatic rings. The highest BCUT2D eigenvalue weighted by atomic mass is 32.2. The number of nitrogens with zero attached hydrogens (tertiary/aromatic N) is 1. The number of hydrogen-bond acceptors (Lipinski definition) is 7. The molecule has 2 aromatic carbocycles. The molecule has 0 spiro atoms. The molecule has 2 N–H and O–H groups in total. The lowest BCUT2D eigenvalue weighted by atomic mass is 9.49. The van der Waals surface area contributed by atoms with Crippen LogP contribution in [-0.2, 0) is 14.4 Å². The number of carbonyl (C=O) groups is 3. The third kappa shape index (κ3) is 6.04. The van der Waals surface area contributed by atoms with Crippen molar-refractivity contribution < 1.29 is 23.9 Å². The number of methoxy groups -OCH3 is 1. The van der Waals surface area contributed by atoms with Crippen molar-refractivity contribution in [2.75, 3.05) is 19.0 Å². The van der Waals surface area contributed by atoms with Crippen LogP contribution in [0.5, 0.6) is 11.5 Å². The molecule has 0 aromatic heterocycles. The molecule has 2 aromatic rings. The second kappa shape index (κ2) is 12.0. The summed E-state index contributed by atoms with van der Waals surface area (Å²) in [5.74, 6) is 2.29. The Kier molecular flexibility index (Phi) is 8.26. The Balaban J connectivity index is 1.09. The van der Waals surface area contributed by atoms with Gasteiger partial charge in [0.25, 0.3) is 11.8 Å². The Morgan fingerprint density at radius 3 is 2.40 bits per heavy atom. The number of rotatable bonds is 9. The number of thioether (sulfide) groups is 1. The molecule has 0 radical (unpaired) electrons. The van der Waals surface area contributed by atoms with Gasteiger partial charge in [-0.25, -0.2) is 0 Å². The maximum atomic E-state index is 13.5. The van der Waals surface area contributed by atoms with E-state index in [1.54, 1.807) is 24.3 Å². The van der Waals surface area contributed by atoms with Gasteiger partial charge in [-0.1, -0.05) is 49.9 Å². The van der Waals surface area contributed by atoms with Crippen LogP contribution in [0.2, 0.25) is 0 Å². The van der Waals surface area contributed by atoms with E-state index in [-0.39, 0.29) is 35.7 Å². The molecular formula is C33H37N3O5S2. The Hall–Kier alpha value is -3.37. The predicted molar refractivity (Wildman–Crippen MR) is 171 cm³/mol. The van der Waals surface area contributed by atoms with Crippen molar-refractivity contribution in [1.82, 2.24) is 10.4 Å². The molecular weight excluding hydrogens is 583 g/mol. The number of hydrogen-bond donors (Lipinski definition) is 2.